The maximum atomic E-state index is 12.4. The molecule has 1 aliphatic rings. The molecule has 0 bridgehead atoms. The molecule has 0 saturated carbocycles. The van der Waals surface area contributed by atoms with E-state index in [9.17, 15) is 9.59 Å². The molecule has 1 aromatic carbocycles. The van der Waals surface area contributed by atoms with E-state index in [-0.39, 0.29) is 18.5 Å². The van der Waals surface area contributed by atoms with Crippen molar-refractivity contribution in [2.45, 2.75) is 6.54 Å². The maximum Gasteiger partial charge on any atom is 0.325 e. The van der Waals surface area contributed by atoms with Crippen LogP contribution in [0.3, 0.4) is 0 Å². The van der Waals surface area contributed by atoms with E-state index in [0.29, 0.717) is 24.7 Å². The summed E-state index contributed by atoms with van der Waals surface area (Å²) in [6.07, 6.45) is 3.38. The Bertz CT molecular complexity index is 738. The second kappa shape index (κ2) is 7.31. The van der Waals surface area contributed by atoms with Crippen LogP contribution < -0.4 is 10.2 Å². The molecule has 6 nitrogen and oxygen atoms in total. The molecule has 0 atom stereocenters. The zero-order valence-corrected chi connectivity index (χ0v) is 13.7. The lowest BCUT2D eigenvalue weighted by atomic mass is 10.3. The molecule has 1 fully saturated rings. The highest BCUT2D eigenvalue weighted by Crippen LogP contribution is 2.23. The van der Waals surface area contributed by atoms with E-state index in [1.165, 1.54) is 4.90 Å². The van der Waals surface area contributed by atoms with Gasteiger partial charge in [-0.1, -0.05) is 23.7 Å². The van der Waals surface area contributed by atoms with Crippen LogP contribution in [0.4, 0.5) is 10.5 Å². The fourth-order valence-corrected chi connectivity index (χ4v) is 2.73. The van der Waals surface area contributed by atoms with Gasteiger partial charge >= 0.3 is 6.03 Å². The van der Waals surface area contributed by atoms with Crippen molar-refractivity contribution < 1.29 is 9.59 Å². The molecular formula is C17H17ClN4O2. The Morgan fingerprint density at radius 3 is 2.88 bits per heavy atom. The number of hydrogen-bond acceptors (Lipinski definition) is 3. The Balaban J connectivity index is 1.54. The highest BCUT2D eigenvalue weighted by atomic mass is 35.5. The largest absolute Gasteiger partial charge is 0.350 e. The Hall–Kier alpha value is -2.60. The van der Waals surface area contributed by atoms with Gasteiger partial charge in [0.25, 0.3) is 0 Å². The molecule has 0 unspecified atom stereocenters. The van der Waals surface area contributed by atoms with Gasteiger partial charge in [-0.2, -0.15) is 0 Å². The van der Waals surface area contributed by atoms with Gasteiger partial charge in [0, 0.05) is 42.7 Å². The Morgan fingerprint density at radius 2 is 2.12 bits per heavy atom. The van der Waals surface area contributed by atoms with E-state index < -0.39 is 0 Å². The smallest absolute Gasteiger partial charge is 0.325 e. The second-order valence-corrected chi connectivity index (χ2v) is 5.91. The van der Waals surface area contributed by atoms with Gasteiger partial charge in [-0.05, 0) is 29.8 Å². The van der Waals surface area contributed by atoms with Crippen molar-refractivity contribution in [1.82, 2.24) is 15.2 Å². The summed E-state index contributed by atoms with van der Waals surface area (Å²) in [4.78, 5) is 31.6. The van der Waals surface area contributed by atoms with E-state index >= 15 is 0 Å². The number of benzene rings is 1. The van der Waals surface area contributed by atoms with Crippen LogP contribution in [0.5, 0.6) is 0 Å². The van der Waals surface area contributed by atoms with Gasteiger partial charge in [-0.15, -0.1) is 0 Å². The minimum atomic E-state index is -0.194. The summed E-state index contributed by atoms with van der Waals surface area (Å²) in [5.74, 6) is -0.194. The number of amides is 3. The molecule has 0 radical (unpaired) electrons. The molecule has 2 aromatic rings. The first-order valence-corrected chi connectivity index (χ1v) is 7.99. The van der Waals surface area contributed by atoms with Gasteiger partial charge in [-0.25, -0.2) is 4.79 Å². The number of urea groups is 1. The predicted octanol–water partition coefficient (Wildman–Crippen LogP) is 2.29. The number of rotatable bonds is 5. The molecular weight excluding hydrogens is 328 g/mol. The third-order valence-electron chi connectivity index (χ3n) is 3.76. The second-order valence-electron chi connectivity index (χ2n) is 5.47. The molecule has 1 aliphatic heterocycles. The van der Waals surface area contributed by atoms with E-state index in [2.05, 4.69) is 10.3 Å². The molecule has 1 aromatic heterocycles. The molecule has 1 N–H and O–H groups in total. The third kappa shape index (κ3) is 3.83. The number of nitrogens with zero attached hydrogens (tertiary/aromatic N) is 3. The number of aromatic nitrogens is 1. The minimum absolute atomic E-state index is 0.0379. The molecule has 7 heteroatoms. The summed E-state index contributed by atoms with van der Waals surface area (Å²) in [5, 5.41) is 3.37. The molecule has 124 valence electrons. The van der Waals surface area contributed by atoms with E-state index in [1.807, 2.05) is 18.2 Å². The van der Waals surface area contributed by atoms with Gasteiger partial charge in [0.15, 0.2) is 0 Å². The van der Waals surface area contributed by atoms with Gasteiger partial charge in [-0.3, -0.25) is 14.7 Å². The lowest BCUT2D eigenvalue weighted by Gasteiger charge is -2.18. The molecule has 0 aliphatic carbocycles. The van der Waals surface area contributed by atoms with Crippen LogP contribution >= 0.6 is 11.6 Å². The lowest BCUT2D eigenvalue weighted by molar-refractivity contribution is -0.121. The number of halogens is 1. The van der Waals surface area contributed by atoms with Gasteiger partial charge in [0.05, 0.1) is 0 Å². The standard InChI is InChI=1S/C17H17ClN4O2/c18-14-4-1-5-15(9-14)22-8-7-21(17(22)24)12-16(23)20-11-13-3-2-6-19-10-13/h1-6,9-10H,7-8,11-12H2,(H,20,23). The van der Waals surface area contributed by atoms with Crippen LogP contribution in [0.2, 0.25) is 5.02 Å². The van der Waals surface area contributed by atoms with Crippen LogP contribution in [0, 0.1) is 0 Å². The van der Waals surface area contributed by atoms with Crippen LogP contribution in [0.25, 0.3) is 0 Å². The maximum absolute atomic E-state index is 12.4. The van der Waals surface area contributed by atoms with Gasteiger partial charge in [0.1, 0.15) is 6.54 Å². The molecule has 2 heterocycles. The number of hydrogen-bond donors (Lipinski definition) is 1. The zero-order chi connectivity index (χ0) is 16.9. The topological polar surface area (TPSA) is 65.5 Å². The lowest BCUT2D eigenvalue weighted by Crippen LogP contribution is -2.39. The van der Waals surface area contributed by atoms with E-state index in [0.717, 1.165) is 11.3 Å². The van der Waals surface area contributed by atoms with Crippen molar-refractivity contribution in [3.63, 3.8) is 0 Å². The van der Waals surface area contributed by atoms with Gasteiger partial charge < -0.3 is 10.2 Å². The van der Waals surface area contributed by atoms with Crippen molar-refractivity contribution in [2.75, 3.05) is 24.5 Å². The number of carbonyl (C=O) groups excluding carboxylic acids is 2. The molecule has 1 saturated heterocycles. The average molecular weight is 345 g/mol. The minimum Gasteiger partial charge on any atom is -0.350 e. The summed E-state index contributed by atoms with van der Waals surface area (Å²) in [6.45, 7) is 1.48. The average Bonchev–Trinajstić information content (AvgIpc) is 2.95. The van der Waals surface area contributed by atoms with Crippen molar-refractivity contribution >= 4 is 29.2 Å². The first-order chi connectivity index (χ1) is 11.6. The summed E-state index contributed by atoms with van der Waals surface area (Å²) in [6, 6.07) is 10.6. The normalized spacial score (nSPS) is 14.1. The van der Waals surface area contributed by atoms with Gasteiger partial charge in [0.2, 0.25) is 5.91 Å². The number of nitrogens with one attached hydrogen (secondary N) is 1. The highest BCUT2D eigenvalue weighted by molar-refractivity contribution is 6.30. The van der Waals surface area contributed by atoms with Crippen LogP contribution in [-0.4, -0.2) is 41.5 Å². The molecule has 3 amide bonds. The van der Waals surface area contributed by atoms with Crippen molar-refractivity contribution in [3.8, 4) is 0 Å². The van der Waals surface area contributed by atoms with E-state index in [1.54, 1.807) is 35.5 Å². The third-order valence-corrected chi connectivity index (χ3v) is 4.00. The predicted molar refractivity (Wildman–Crippen MR) is 91.9 cm³/mol. The summed E-state index contributed by atoms with van der Waals surface area (Å²) in [5.41, 5.74) is 1.66. The summed E-state index contributed by atoms with van der Waals surface area (Å²) < 4.78 is 0. The summed E-state index contributed by atoms with van der Waals surface area (Å²) >= 11 is 5.97. The SMILES string of the molecule is O=C(CN1CCN(c2cccc(Cl)c2)C1=O)NCc1cccnc1. The van der Waals surface area contributed by atoms with Crippen molar-refractivity contribution in [1.29, 1.82) is 0 Å². The van der Waals surface area contributed by atoms with Crippen molar-refractivity contribution in [2.24, 2.45) is 0 Å². The molecule has 0 spiro atoms. The summed E-state index contributed by atoms with van der Waals surface area (Å²) in [7, 11) is 0. The number of carbonyl (C=O) groups is 2. The van der Waals surface area contributed by atoms with E-state index in [4.69, 9.17) is 11.6 Å². The van der Waals surface area contributed by atoms with Crippen LogP contribution in [-0.2, 0) is 11.3 Å². The highest BCUT2D eigenvalue weighted by Gasteiger charge is 2.30. The Morgan fingerprint density at radius 1 is 1.25 bits per heavy atom. The molecule has 3 rings (SSSR count). The van der Waals surface area contributed by atoms with Crippen LogP contribution in [0.1, 0.15) is 5.56 Å². The fourth-order valence-electron chi connectivity index (χ4n) is 2.55. The first-order valence-electron chi connectivity index (χ1n) is 7.61. The zero-order valence-electron chi connectivity index (χ0n) is 13.0. The first kappa shape index (κ1) is 16.3. The van der Waals surface area contributed by atoms with Crippen LogP contribution in [0.15, 0.2) is 48.8 Å². The monoisotopic (exact) mass is 344 g/mol. The van der Waals surface area contributed by atoms with Crippen molar-refractivity contribution in [3.05, 3.63) is 59.4 Å². The number of pyridine rings is 1. The Kier molecular flexibility index (Phi) is 4.96. The number of anilines is 1. The fraction of sp³-hybridized carbons (Fsp3) is 0.235. The molecule has 24 heavy (non-hydrogen) atoms. The Labute approximate surface area is 145 Å². The quantitative estimate of drug-likeness (QED) is 0.905.